The SMILES string of the molecule is O=C(c1ccc(Cl)cc1Cl)[C@@H](Br)c1ccc(Cl)cc1. The zero-order chi connectivity index (χ0) is 14.0. The van der Waals surface area contributed by atoms with E-state index in [1.807, 2.05) is 0 Å². The van der Waals surface area contributed by atoms with E-state index >= 15 is 0 Å². The Morgan fingerprint density at radius 2 is 1.53 bits per heavy atom. The third kappa shape index (κ3) is 3.51. The zero-order valence-corrected chi connectivity index (χ0v) is 13.4. The summed E-state index contributed by atoms with van der Waals surface area (Å²) in [7, 11) is 0. The maximum absolute atomic E-state index is 12.4. The van der Waals surface area contributed by atoms with Gasteiger partial charge in [-0.1, -0.05) is 62.9 Å². The lowest BCUT2D eigenvalue weighted by molar-refractivity contribution is 0.0991. The van der Waals surface area contributed by atoms with Crippen molar-refractivity contribution >= 4 is 56.5 Å². The van der Waals surface area contributed by atoms with E-state index in [9.17, 15) is 4.79 Å². The lowest BCUT2D eigenvalue weighted by atomic mass is 10.0. The number of hydrogen-bond donors (Lipinski definition) is 0. The molecule has 0 heterocycles. The van der Waals surface area contributed by atoms with Crippen LogP contribution in [-0.4, -0.2) is 5.78 Å². The number of ketones is 1. The lowest BCUT2D eigenvalue weighted by Crippen LogP contribution is -2.07. The Labute approximate surface area is 134 Å². The molecule has 0 aliphatic rings. The average molecular weight is 378 g/mol. The van der Waals surface area contributed by atoms with Crippen molar-refractivity contribution in [2.24, 2.45) is 0 Å². The Balaban J connectivity index is 2.30. The van der Waals surface area contributed by atoms with Gasteiger partial charge in [-0.15, -0.1) is 0 Å². The van der Waals surface area contributed by atoms with Crippen LogP contribution in [0.4, 0.5) is 0 Å². The zero-order valence-electron chi connectivity index (χ0n) is 9.54. The Hall–Kier alpha value is -0.540. The average Bonchev–Trinajstić information content (AvgIpc) is 2.38. The summed E-state index contributed by atoms with van der Waals surface area (Å²) in [5.74, 6) is -0.121. The van der Waals surface area contributed by atoms with Crippen LogP contribution in [0.15, 0.2) is 42.5 Å². The monoisotopic (exact) mass is 376 g/mol. The van der Waals surface area contributed by atoms with Crippen molar-refractivity contribution in [2.75, 3.05) is 0 Å². The summed E-state index contributed by atoms with van der Waals surface area (Å²) < 4.78 is 0. The second-order valence-corrected chi connectivity index (χ2v) is 6.10. The largest absolute Gasteiger partial charge is 0.292 e. The highest BCUT2D eigenvalue weighted by atomic mass is 79.9. The van der Waals surface area contributed by atoms with Gasteiger partial charge < -0.3 is 0 Å². The second-order valence-electron chi connectivity index (χ2n) is 3.90. The molecule has 0 amide bonds. The molecule has 0 saturated carbocycles. The highest BCUT2D eigenvalue weighted by Gasteiger charge is 2.21. The summed E-state index contributed by atoms with van der Waals surface area (Å²) in [4.78, 5) is 11.9. The van der Waals surface area contributed by atoms with Gasteiger partial charge in [0, 0.05) is 15.6 Å². The van der Waals surface area contributed by atoms with E-state index in [4.69, 9.17) is 34.8 Å². The van der Waals surface area contributed by atoms with Crippen molar-refractivity contribution < 1.29 is 4.79 Å². The van der Waals surface area contributed by atoms with Crippen LogP contribution in [0.5, 0.6) is 0 Å². The van der Waals surface area contributed by atoms with Crippen molar-refractivity contribution in [3.8, 4) is 0 Å². The third-order valence-corrected chi connectivity index (χ3v) is 4.33. The fourth-order valence-electron chi connectivity index (χ4n) is 1.61. The topological polar surface area (TPSA) is 17.1 Å². The van der Waals surface area contributed by atoms with E-state index < -0.39 is 4.83 Å². The van der Waals surface area contributed by atoms with Gasteiger partial charge in [0.15, 0.2) is 5.78 Å². The summed E-state index contributed by atoms with van der Waals surface area (Å²) in [5, 5.41) is 1.47. The Morgan fingerprint density at radius 3 is 2.11 bits per heavy atom. The third-order valence-electron chi connectivity index (χ3n) is 2.59. The van der Waals surface area contributed by atoms with Gasteiger partial charge >= 0.3 is 0 Å². The molecule has 2 aromatic rings. The van der Waals surface area contributed by atoms with Gasteiger partial charge in [0.25, 0.3) is 0 Å². The number of halogens is 4. The van der Waals surface area contributed by atoms with Crippen LogP contribution in [0.25, 0.3) is 0 Å². The molecule has 2 rings (SSSR count). The molecule has 1 atom stereocenters. The summed E-state index contributed by atoms with van der Waals surface area (Å²) in [6, 6.07) is 11.9. The van der Waals surface area contributed by atoms with E-state index in [1.165, 1.54) is 0 Å². The smallest absolute Gasteiger partial charge is 0.182 e. The molecule has 98 valence electrons. The number of rotatable bonds is 3. The second kappa shape index (κ2) is 6.27. The first-order valence-electron chi connectivity index (χ1n) is 5.38. The van der Waals surface area contributed by atoms with Gasteiger partial charge in [-0.25, -0.2) is 0 Å². The number of carbonyl (C=O) groups is 1. The van der Waals surface area contributed by atoms with Crippen molar-refractivity contribution in [1.82, 2.24) is 0 Å². The summed E-state index contributed by atoms with van der Waals surface area (Å²) >= 11 is 21.0. The van der Waals surface area contributed by atoms with Gasteiger partial charge in [0.2, 0.25) is 0 Å². The van der Waals surface area contributed by atoms with Crippen LogP contribution in [0.2, 0.25) is 15.1 Å². The van der Waals surface area contributed by atoms with E-state index in [2.05, 4.69) is 15.9 Å². The predicted molar refractivity (Wildman–Crippen MR) is 83.9 cm³/mol. The molecular formula is C14H8BrCl3O. The Morgan fingerprint density at radius 1 is 0.947 bits per heavy atom. The molecule has 0 aliphatic heterocycles. The van der Waals surface area contributed by atoms with Crippen molar-refractivity contribution in [2.45, 2.75) is 4.83 Å². The maximum atomic E-state index is 12.4. The number of carbonyl (C=O) groups excluding carboxylic acids is 1. The van der Waals surface area contributed by atoms with Crippen molar-refractivity contribution in [3.05, 3.63) is 68.7 Å². The molecule has 0 bridgehead atoms. The first-order valence-corrected chi connectivity index (χ1v) is 7.43. The molecule has 0 N–H and O–H groups in total. The minimum absolute atomic E-state index is 0.121. The highest BCUT2D eigenvalue weighted by molar-refractivity contribution is 9.09. The van der Waals surface area contributed by atoms with Crippen LogP contribution in [-0.2, 0) is 0 Å². The van der Waals surface area contributed by atoms with E-state index in [-0.39, 0.29) is 5.78 Å². The fourth-order valence-corrected chi connectivity index (χ4v) is 2.79. The van der Waals surface area contributed by atoms with Crippen LogP contribution in [0.1, 0.15) is 20.7 Å². The Bertz CT molecular complexity index is 611. The van der Waals surface area contributed by atoms with Gasteiger partial charge in [0.05, 0.1) is 5.02 Å². The quantitative estimate of drug-likeness (QED) is 0.475. The number of alkyl halides is 1. The minimum atomic E-state index is -0.469. The molecule has 0 unspecified atom stereocenters. The molecule has 19 heavy (non-hydrogen) atoms. The van der Waals surface area contributed by atoms with Crippen LogP contribution < -0.4 is 0 Å². The molecule has 1 nitrogen and oxygen atoms in total. The first kappa shape index (κ1) is 14.9. The molecule has 0 saturated heterocycles. The molecular weight excluding hydrogens is 370 g/mol. The van der Waals surface area contributed by atoms with Crippen LogP contribution in [0, 0.1) is 0 Å². The number of Topliss-reactive ketones (excluding diaryl/α,β-unsaturated/α-hetero) is 1. The maximum Gasteiger partial charge on any atom is 0.182 e. The van der Waals surface area contributed by atoms with Crippen molar-refractivity contribution in [3.63, 3.8) is 0 Å². The van der Waals surface area contributed by atoms with Crippen LogP contribution in [0.3, 0.4) is 0 Å². The molecule has 0 aromatic heterocycles. The molecule has 2 aromatic carbocycles. The van der Waals surface area contributed by atoms with Gasteiger partial charge in [0.1, 0.15) is 4.83 Å². The lowest BCUT2D eigenvalue weighted by Gasteiger charge is -2.11. The molecule has 0 aliphatic carbocycles. The predicted octanol–water partition coefficient (Wildman–Crippen LogP) is 5.97. The molecule has 5 heteroatoms. The minimum Gasteiger partial charge on any atom is -0.292 e. The highest BCUT2D eigenvalue weighted by Crippen LogP contribution is 2.31. The number of benzene rings is 2. The molecule has 0 fully saturated rings. The fraction of sp³-hybridized carbons (Fsp3) is 0.0714. The summed E-state index contributed by atoms with van der Waals surface area (Å²) in [5.41, 5.74) is 1.25. The van der Waals surface area contributed by atoms with Gasteiger partial charge in [-0.3, -0.25) is 4.79 Å². The summed E-state index contributed by atoms with van der Waals surface area (Å²) in [6.07, 6.45) is 0. The van der Waals surface area contributed by atoms with E-state index in [0.717, 1.165) is 5.56 Å². The number of hydrogen-bond acceptors (Lipinski definition) is 1. The van der Waals surface area contributed by atoms with Crippen LogP contribution >= 0.6 is 50.7 Å². The normalized spacial score (nSPS) is 12.2. The van der Waals surface area contributed by atoms with E-state index in [0.29, 0.717) is 20.6 Å². The van der Waals surface area contributed by atoms with Gasteiger partial charge in [-0.05, 0) is 35.9 Å². The standard InChI is InChI=1S/C14H8BrCl3O/c15-13(8-1-3-9(16)4-2-8)14(19)11-6-5-10(17)7-12(11)18/h1-7,13H/t13-/m0/s1. The molecule has 0 radical (unpaired) electrons. The van der Waals surface area contributed by atoms with E-state index in [1.54, 1.807) is 42.5 Å². The summed E-state index contributed by atoms with van der Waals surface area (Å²) in [6.45, 7) is 0. The molecule has 0 spiro atoms. The first-order chi connectivity index (χ1) is 8.99. The van der Waals surface area contributed by atoms with Crippen molar-refractivity contribution in [1.29, 1.82) is 0 Å². The Kier molecular flexibility index (Phi) is 4.91. The van der Waals surface area contributed by atoms with Gasteiger partial charge in [-0.2, -0.15) is 0 Å².